The van der Waals surface area contributed by atoms with E-state index in [0.717, 1.165) is 16.7 Å². The minimum atomic E-state index is -5.16. The fourth-order valence-electron chi connectivity index (χ4n) is 9.34. The summed E-state index contributed by atoms with van der Waals surface area (Å²) in [5.41, 5.74) is 1.87. The molecule has 0 aliphatic carbocycles. The third-order valence-corrected chi connectivity index (χ3v) is 14.7. The van der Waals surface area contributed by atoms with E-state index in [1.165, 1.54) is 26.6 Å². The average molecular weight is 1020 g/mol. The number of hydrogen-bond acceptors (Lipinski definition) is 16. The standard InChI is InChI=1S/C51H83N4O15P/c1-29(21-22-52)17-15-18-30(2)31(3)23-32(4)43(58)36(8)39(56)25-42(66-14)46-47(70-71(62,63)64)50(9,10)51(69-46)26-40(57)35(7)41(68-51)20-16-19-37-27-67-49(54-37)33(5)24-34(6)53-48(61)45(60)44(59)38(28-65-13)55(11)12/h15-19,21,23,27,32-36,38-47,56-60H,20,24-26,28H2,1-14H3,(H,53,61)(H2,62,63,64)/b17-15?,19-16?,29-21+,30-18?,31-23?. The quantitative estimate of drug-likeness (QED) is 0.0341. The molecule has 16 atom stereocenters. The van der Waals surface area contributed by atoms with Crippen molar-refractivity contribution >= 4 is 19.8 Å². The number of amides is 1. The number of aliphatic hydroxyl groups is 5. The lowest BCUT2D eigenvalue weighted by Crippen LogP contribution is -2.58. The van der Waals surface area contributed by atoms with Crippen LogP contribution >= 0.6 is 7.82 Å². The smallest absolute Gasteiger partial charge is 0.448 e. The Hall–Kier alpha value is -3.42. The number of phosphoric ester groups is 1. The van der Waals surface area contributed by atoms with Crippen LogP contribution in [-0.2, 0) is 32.8 Å². The number of oxazole rings is 1. The number of ether oxygens (including phenoxy) is 4. The minimum absolute atomic E-state index is 0.0661. The molecule has 1 aromatic heterocycles. The molecule has 0 aromatic carbocycles. The number of nitriles is 1. The summed E-state index contributed by atoms with van der Waals surface area (Å²) in [5.74, 6) is -3.67. The maximum Gasteiger partial charge on any atom is 0.469 e. The molecule has 71 heavy (non-hydrogen) atoms. The lowest BCUT2D eigenvalue weighted by Gasteiger charge is -2.50. The van der Waals surface area contributed by atoms with Gasteiger partial charge in [-0.15, -0.1) is 0 Å². The molecule has 1 amide bonds. The van der Waals surface area contributed by atoms with Gasteiger partial charge < -0.3 is 68.9 Å². The molecule has 2 saturated heterocycles. The molecule has 3 rings (SSSR count). The highest BCUT2D eigenvalue weighted by Crippen LogP contribution is 2.59. The van der Waals surface area contributed by atoms with Gasteiger partial charge in [-0.2, -0.15) is 5.26 Å². The Morgan fingerprint density at radius 1 is 1.06 bits per heavy atom. The molecule has 1 aromatic rings. The predicted molar refractivity (Wildman–Crippen MR) is 267 cm³/mol. The van der Waals surface area contributed by atoms with E-state index >= 15 is 0 Å². The van der Waals surface area contributed by atoms with Crippen LogP contribution in [0.2, 0.25) is 0 Å². The average Bonchev–Trinajstić information content (AvgIpc) is 3.84. The van der Waals surface area contributed by atoms with Crippen LogP contribution in [0.25, 0.3) is 6.08 Å². The number of carbonyl (C=O) groups excluding carboxylic acids is 1. The highest BCUT2D eigenvalue weighted by atomic mass is 31.2. The van der Waals surface area contributed by atoms with Crippen LogP contribution in [0, 0.1) is 34.5 Å². The second-order valence-electron chi connectivity index (χ2n) is 20.4. The number of phosphoric acid groups is 1. The Morgan fingerprint density at radius 2 is 1.72 bits per heavy atom. The number of methoxy groups -OCH3 is 2. The Bertz CT molecular complexity index is 2110. The zero-order chi connectivity index (χ0) is 53.8. The van der Waals surface area contributed by atoms with Crippen molar-refractivity contribution in [3.63, 3.8) is 0 Å². The lowest BCUT2D eigenvalue weighted by atomic mass is 9.72. The highest BCUT2D eigenvalue weighted by molar-refractivity contribution is 7.46. The van der Waals surface area contributed by atoms with Crippen LogP contribution < -0.4 is 5.32 Å². The van der Waals surface area contributed by atoms with Crippen LogP contribution in [0.4, 0.5) is 0 Å². The largest absolute Gasteiger partial charge is 0.469 e. The molecule has 2 aliphatic heterocycles. The van der Waals surface area contributed by atoms with Crippen LogP contribution in [0.1, 0.15) is 112 Å². The van der Waals surface area contributed by atoms with Gasteiger partial charge in [0.05, 0.1) is 49.2 Å². The molecule has 2 aliphatic rings. The summed E-state index contributed by atoms with van der Waals surface area (Å²) >= 11 is 0. The minimum Gasteiger partial charge on any atom is -0.448 e. The molecule has 3 heterocycles. The van der Waals surface area contributed by atoms with Gasteiger partial charge in [0.2, 0.25) is 0 Å². The van der Waals surface area contributed by atoms with Crippen LogP contribution in [0.5, 0.6) is 0 Å². The number of nitrogens with zero attached hydrogens (tertiary/aromatic N) is 3. The molecule has 19 nitrogen and oxygen atoms in total. The van der Waals surface area contributed by atoms with Crippen molar-refractivity contribution < 1.29 is 72.6 Å². The predicted octanol–water partition coefficient (Wildman–Crippen LogP) is 5.08. The van der Waals surface area contributed by atoms with E-state index in [0.29, 0.717) is 18.0 Å². The van der Waals surface area contributed by atoms with Crippen LogP contribution in [0.15, 0.2) is 63.9 Å². The van der Waals surface area contributed by atoms with E-state index in [2.05, 4.69) is 10.3 Å². The Morgan fingerprint density at radius 3 is 2.31 bits per heavy atom. The van der Waals surface area contributed by atoms with Crippen LogP contribution in [0.3, 0.4) is 0 Å². The van der Waals surface area contributed by atoms with Crippen molar-refractivity contribution in [2.75, 3.05) is 34.9 Å². The first kappa shape index (κ1) is 61.9. The first-order chi connectivity index (χ1) is 33.0. The monoisotopic (exact) mass is 1020 g/mol. The molecule has 16 unspecified atom stereocenters. The van der Waals surface area contributed by atoms with Gasteiger partial charge >= 0.3 is 7.82 Å². The summed E-state index contributed by atoms with van der Waals surface area (Å²) in [6, 6.07) is 0.980. The van der Waals surface area contributed by atoms with Crippen molar-refractivity contribution in [3.05, 3.63) is 71.0 Å². The van der Waals surface area contributed by atoms with Gasteiger partial charge in [-0.1, -0.05) is 77.5 Å². The molecule has 8 N–H and O–H groups in total. The number of aliphatic hydroxyl groups excluding tert-OH is 5. The second kappa shape index (κ2) is 27.2. The van der Waals surface area contributed by atoms with Crippen LogP contribution in [-0.4, -0.2) is 159 Å². The van der Waals surface area contributed by atoms with Crippen molar-refractivity contribution in [1.29, 1.82) is 5.26 Å². The number of rotatable bonds is 26. The number of hydrogen-bond donors (Lipinski definition) is 8. The van der Waals surface area contributed by atoms with Crippen molar-refractivity contribution in [2.45, 2.75) is 174 Å². The summed E-state index contributed by atoms with van der Waals surface area (Å²) < 4.78 is 48.3. The molecule has 402 valence electrons. The maximum atomic E-state index is 12.8. The first-order valence-corrected chi connectivity index (χ1v) is 25.8. The summed E-state index contributed by atoms with van der Waals surface area (Å²) in [6.07, 6.45) is 4.05. The van der Waals surface area contributed by atoms with E-state index in [9.17, 15) is 44.7 Å². The summed E-state index contributed by atoms with van der Waals surface area (Å²) in [7, 11) is 1.13. The van der Waals surface area contributed by atoms with Gasteiger partial charge in [0.25, 0.3) is 5.91 Å². The molecule has 0 bridgehead atoms. The Kier molecular flexibility index (Phi) is 23.7. The van der Waals surface area contributed by atoms with Gasteiger partial charge in [-0.25, -0.2) is 9.55 Å². The highest BCUT2D eigenvalue weighted by Gasteiger charge is 2.68. The van der Waals surface area contributed by atoms with Crippen molar-refractivity contribution in [2.24, 2.45) is 23.2 Å². The van der Waals surface area contributed by atoms with Gasteiger partial charge in [-0.05, 0) is 71.9 Å². The molecule has 2 fully saturated rings. The van der Waals surface area contributed by atoms with E-state index in [-0.39, 0.29) is 37.7 Å². The molecule has 20 heteroatoms. The summed E-state index contributed by atoms with van der Waals surface area (Å²) in [5, 5.41) is 67.4. The molecule has 0 radical (unpaired) electrons. The number of allylic oxidation sites excluding steroid dienone is 7. The maximum absolute atomic E-state index is 12.8. The third kappa shape index (κ3) is 16.8. The topological polar surface area (TPSA) is 287 Å². The Labute approximate surface area is 420 Å². The number of aromatic nitrogens is 1. The fourth-order valence-corrected chi connectivity index (χ4v) is 10.0. The van der Waals surface area contributed by atoms with Crippen molar-refractivity contribution in [3.8, 4) is 6.07 Å². The number of nitrogens with one attached hydrogen (secondary N) is 1. The third-order valence-electron chi connectivity index (χ3n) is 14.2. The van der Waals surface area contributed by atoms with E-state index in [1.807, 2.05) is 78.0 Å². The Balaban J connectivity index is 1.76. The first-order valence-electron chi connectivity index (χ1n) is 24.2. The van der Waals surface area contributed by atoms with Gasteiger partial charge in [0.1, 0.15) is 30.3 Å². The lowest BCUT2D eigenvalue weighted by molar-refractivity contribution is -0.334. The molecular formula is C51H83N4O15P. The van der Waals surface area contributed by atoms with E-state index < -0.39 is 104 Å². The number of likely N-dealkylation sites (N-methyl/N-ethyl adjacent to an activating group) is 1. The second-order valence-corrected chi connectivity index (χ2v) is 21.6. The van der Waals surface area contributed by atoms with Crippen molar-refractivity contribution in [1.82, 2.24) is 15.2 Å². The molecule has 0 saturated carbocycles. The van der Waals surface area contributed by atoms with Gasteiger partial charge in [0.15, 0.2) is 17.8 Å². The van der Waals surface area contributed by atoms with Gasteiger partial charge in [0, 0.05) is 68.3 Å². The van der Waals surface area contributed by atoms with E-state index in [4.69, 9.17) is 33.2 Å². The summed E-state index contributed by atoms with van der Waals surface area (Å²) in [6.45, 7) is 18.2. The zero-order valence-electron chi connectivity index (χ0n) is 44.0. The molecule has 1 spiro atoms. The molecular weight excluding hydrogens is 940 g/mol. The number of carbonyl (C=O) groups is 1. The summed E-state index contributed by atoms with van der Waals surface area (Å²) in [4.78, 5) is 39.5. The fraction of sp³-hybridized carbons (Fsp3) is 0.706. The zero-order valence-corrected chi connectivity index (χ0v) is 44.9. The van der Waals surface area contributed by atoms with E-state index in [1.54, 1.807) is 52.8 Å². The SMILES string of the molecule is COCC(C(O)C(O)C(=O)NC(C)CC(C)c1nc(C=CCC2OC3(CC(O)C2C)OC(C(CC(O)C(C)C(O)C(C)C=C(C)C(C)=CC=C/C(C)=C/C#N)OC)C(OP(=O)(O)O)C3(C)C)co1)N(C)C. The normalized spacial score (nSPS) is 27.8. The van der Waals surface area contributed by atoms with Gasteiger partial charge in [-0.3, -0.25) is 9.32 Å².